The van der Waals surface area contributed by atoms with Crippen molar-refractivity contribution in [1.29, 1.82) is 0 Å². The van der Waals surface area contributed by atoms with Crippen LogP contribution in [0.4, 0.5) is 5.69 Å². The normalized spacial score (nSPS) is 13.7. The maximum atomic E-state index is 13.0. The molecular weight excluding hydrogens is 394 g/mol. The molecular formula is C20H19N3O5S. The van der Waals surface area contributed by atoms with Crippen molar-refractivity contribution in [2.45, 2.75) is 46.1 Å². The predicted molar refractivity (Wildman–Crippen MR) is 109 cm³/mol. The standard InChI is InChI=1S/C20H19N3O5S/c1-11-10-13(7-8-14(11)23(26)27)28-20(25)17-12(2)16-18(29-17)21-15-6-4-3-5-9-22(15)19(16)24/h7-8,10H,3-6,9H2,1-2H3. The van der Waals surface area contributed by atoms with Crippen molar-refractivity contribution in [2.24, 2.45) is 0 Å². The van der Waals surface area contributed by atoms with E-state index in [0.29, 0.717) is 32.8 Å². The average molecular weight is 413 g/mol. The molecule has 0 aliphatic carbocycles. The van der Waals surface area contributed by atoms with Gasteiger partial charge in [0.05, 0.1) is 10.3 Å². The molecule has 1 aromatic carbocycles. The van der Waals surface area contributed by atoms with Crippen LogP contribution in [0.1, 0.15) is 45.9 Å². The maximum absolute atomic E-state index is 13.0. The molecule has 0 unspecified atom stereocenters. The van der Waals surface area contributed by atoms with Crippen LogP contribution < -0.4 is 10.3 Å². The summed E-state index contributed by atoms with van der Waals surface area (Å²) in [6.07, 6.45) is 3.76. The Morgan fingerprint density at radius 3 is 2.79 bits per heavy atom. The number of fused-ring (bicyclic) bond motifs is 2. The SMILES string of the molecule is Cc1cc(OC(=O)c2sc3nc4n(c(=O)c3c2C)CCCCC4)ccc1[N+](=O)[O-]. The Labute approximate surface area is 169 Å². The van der Waals surface area contributed by atoms with E-state index >= 15 is 0 Å². The van der Waals surface area contributed by atoms with E-state index in [-0.39, 0.29) is 17.0 Å². The van der Waals surface area contributed by atoms with Gasteiger partial charge in [-0.3, -0.25) is 19.5 Å². The minimum Gasteiger partial charge on any atom is -0.422 e. The van der Waals surface area contributed by atoms with Crippen LogP contribution in [0.15, 0.2) is 23.0 Å². The predicted octanol–water partition coefficient (Wildman–Crippen LogP) is 3.93. The van der Waals surface area contributed by atoms with Gasteiger partial charge in [0, 0.05) is 24.6 Å². The number of carbonyl (C=O) groups is 1. The van der Waals surface area contributed by atoms with Gasteiger partial charge in [0.25, 0.3) is 11.2 Å². The van der Waals surface area contributed by atoms with E-state index in [1.165, 1.54) is 18.2 Å². The quantitative estimate of drug-likeness (QED) is 0.279. The summed E-state index contributed by atoms with van der Waals surface area (Å²) in [6, 6.07) is 4.15. The highest BCUT2D eigenvalue weighted by molar-refractivity contribution is 7.20. The lowest BCUT2D eigenvalue weighted by Crippen LogP contribution is -2.24. The Morgan fingerprint density at radius 2 is 2.07 bits per heavy atom. The topological polar surface area (TPSA) is 104 Å². The number of esters is 1. The number of hydrogen-bond donors (Lipinski definition) is 0. The molecule has 2 aromatic heterocycles. The van der Waals surface area contributed by atoms with E-state index in [9.17, 15) is 19.7 Å². The van der Waals surface area contributed by atoms with E-state index in [0.717, 1.165) is 42.8 Å². The molecule has 0 saturated carbocycles. The largest absolute Gasteiger partial charge is 0.422 e. The molecule has 8 nitrogen and oxygen atoms in total. The van der Waals surface area contributed by atoms with Crippen LogP contribution >= 0.6 is 11.3 Å². The molecule has 9 heteroatoms. The van der Waals surface area contributed by atoms with Gasteiger partial charge in [-0.15, -0.1) is 11.3 Å². The van der Waals surface area contributed by atoms with E-state index in [1.807, 2.05) is 0 Å². The van der Waals surface area contributed by atoms with Gasteiger partial charge in [-0.1, -0.05) is 6.42 Å². The van der Waals surface area contributed by atoms with E-state index in [2.05, 4.69) is 4.98 Å². The van der Waals surface area contributed by atoms with Crippen molar-refractivity contribution < 1.29 is 14.5 Å². The van der Waals surface area contributed by atoms with Crippen LogP contribution in [0, 0.1) is 24.0 Å². The number of thiophene rings is 1. The molecule has 3 aromatic rings. The molecule has 0 atom stereocenters. The second-order valence-corrected chi connectivity index (χ2v) is 8.13. The Bertz CT molecular complexity index is 1210. The fourth-order valence-corrected chi connectivity index (χ4v) is 4.72. The zero-order valence-electron chi connectivity index (χ0n) is 16.1. The molecule has 0 fully saturated rings. The minimum absolute atomic E-state index is 0.0402. The summed E-state index contributed by atoms with van der Waals surface area (Å²) in [7, 11) is 0. The Hall–Kier alpha value is -3.07. The molecule has 0 radical (unpaired) electrons. The van der Waals surface area contributed by atoms with Crippen molar-refractivity contribution in [2.75, 3.05) is 0 Å². The van der Waals surface area contributed by atoms with Crippen molar-refractivity contribution in [3.05, 3.63) is 60.5 Å². The number of ether oxygens (including phenoxy) is 1. The number of nitro groups is 1. The fraction of sp³-hybridized carbons (Fsp3) is 0.350. The summed E-state index contributed by atoms with van der Waals surface area (Å²) in [5.74, 6) is 0.390. The van der Waals surface area contributed by atoms with Gasteiger partial charge in [-0.25, -0.2) is 9.78 Å². The molecule has 150 valence electrons. The van der Waals surface area contributed by atoms with E-state index in [1.54, 1.807) is 18.4 Å². The van der Waals surface area contributed by atoms with Crippen molar-refractivity contribution in [3.63, 3.8) is 0 Å². The van der Waals surface area contributed by atoms with Gasteiger partial charge in [0.2, 0.25) is 0 Å². The molecule has 0 amide bonds. The summed E-state index contributed by atoms with van der Waals surface area (Å²) < 4.78 is 7.15. The highest BCUT2D eigenvalue weighted by atomic mass is 32.1. The van der Waals surface area contributed by atoms with Crippen molar-refractivity contribution in [3.8, 4) is 5.75 Å². The molecule has 0 spiro atoms. The van der Waals surface area contributed by atoms with E-state index in [4.69, 9.17) is 4.74 Å². The first-order valence-corrected chi connectivity index (χ1v) is 10.2. The molecule has 1 aliphatic rings. The summed E-state index contributed by atoms with van der Waals surface area (Å²) in [5.41, 5.74) is 0.815. The van der Waals surface area contributed by atoms with Gasteiger partial charge in [-0.2, -0.15) is 0 Å². The van der Waals surface area contributed by atoms with Gasteiger partial charge in [-0.05, 0) is 44.4 Å². The van der Waals surface area contributed by atoms with Gasteiger partial charge in [0.1, 0.15) is 21.3 Å². The van der Waals surface area contributed by atoms with Crippen LogP contribution in [0.2, 0.25) is 0 Å². The smallest absolute Gasteiger partial charge is 0.354 e. The summed E-state index contributed by atoms with van der Waals surface area (Å²) >= 11 is 1.15. The van der Waals surface area contributed by atoms with Crippen LogP contribution in [-0.2, 0) is 13.0 Å². The lowest BCUT2D eigenvalue weighted by Gasteiger charge is -2.08. The zero-order chi connectivity index (χ0) is 20.7. The summed E-state index contributed by atoms with van der Waals surface area (Å²) in [4.78, 5) is 41.7. The first-order valence-electron chi connectivity index (χ1n) is 9.37. The number of aromatic nitrogens is 2. The minimum atomic E-state index is -0.599. The number of hydrogen-bond acceptors (Lipinski definition) is 7. The first kappa shape index (κ1) is 19.3. The number of nitrogens with zero attached hydrogens (tertiary/aromatic N) is 3. The third kappa shape index (κ3) is 3.42. The second-order valence-electron chi connectivity index (χ2n) is 7.13. The molecule has 4 rings (SSSR count). The average Bonchev–Trinajstić information content (AvgIpc) is 2.84. The van der Waals surface area contributed by atoms with Gasteiger partial charge < -0.3 is 4.74 Å². The van der Waals surface area contributed by atoms with Gasteiger partial charge >= 0.3 is 5.97 Å². The highest BCUT2D eigenvalue weighted by Crippen LogP contribution is 2.30. The zero-order valence-corrected chi connectivity index (χ0v) is 16.9. The van der Waals surface area contributed by atoms with Gasteiger partial charge in [0.15, 0.2) is 0 Å². The number of carbonyl (C=O) groups excluding carboxylic acids is 1. The highest BCUT2D eigenvalue weighted by Gasteiger charge is 2.24. The summed E-state index contributed by atoms with van der Waals surface area (Å²) in [5, 5.41) is 11.4. The molecule has 3 heterocycles. The lowest BCUT2D eigenvalue weighted by atomic mass is 10.2. The van der Waals surface area contributed by atoms with Crippen LogP contribution in [-0.4, -0.2) is 20.4 Å². The van der Waals surface area contributed by atoms with Crippen LogP contribution in [0.25, 0.3) is 10.2 Å². The molecule has 29 heavy (non-hydrogen) atoms. The van der Waals surface area contributed by atoms with Crippen LogP contribution in [0.3, 0.4) is 0 Å². The maximum Gasteiger partial charge on any atom is 0.354 e. The molecule has 1 aliphatic heterocycles. The second kappa shape index (κ2) is 7.40. The number of rotatable bonds is 3. The number of nitro benzene ring substituents is 1. The monoisotopic (exact) mass is 413 g/mol. The lowest BCUT2D eigenvalue weighted by molar-refractivity contribution is -0.385. The van der Waals surface area contributed by atoms with Crippen molar-refractivity contribution in [1.82, 2.24) is 9.55 Å². The van der Waals surface area contributed by atoms with E-state index < -0.39 is 10.9 Å². The third-order valence-corrected chi connectivity index (χ3v) is 6.34. The Kier molecular flexibility index (Phi) is 4.91. The third-order valence-electron chi connectivity index (χ3n) is 5.17. The van der Waals surface area contributed by atoms with Crippen molar-refractivity contribution >= 4 is 33.2 Å². The van der Waals surface area contributed by atoms with Crippen LogP contribution in [0.5, 0.6) is 5.75 Å². The number of aryl methyl sites for hydroxylation is 3. The molecule has 0 saturated heterocycles. The Morgan fingerprint density at radius 1 is 1.28 bits per heavy atom. The summed E-state index contributed by atoms with van der Waals surface area (Å²) in [6.45, 7) is 3.95. The molecule has 0 bridgehead atoms. The number of benzene rings is 1. The molecule has 0 N–H and O–H groups in total. The fourth-order valence-electron chi connectivity index (χ4n) is 3.65. The first-order chi connectivity index (χ1) is 13.9. The Balaban J connectivity index is 1.71.